The van der Waals surface area contributed by atoms with E-state index in [0.29, 0.717) is 0 Å². The Hall–Kier alpha value is 1.96. The Balaban J connectivity index is 4.53. The molecule has 0 bridgehead atoms. The minimum Gasteiger partial charge on any atom is -0.247 e. The molecule has 0 aromatic heterocycles. The second kappa shape index (κ2) is 5.08. The summed E-state index contributed by atoms with van der Waals surface area (Å²) in [5, 5.41) is 0. The lowest BCUT2D eigenvalue weighted by Gasteiger charge is -2.24. The second-order valence-corrected chi connectivity index (χ2v) is 19.8. The Labute approximate surface area is 109 Å². The standard InChI is InChI=1S/C3H3Cl6F3Si2/c4-13(5,6)2(10)1-3(11,12)14(7,8)9/h2H,1H2. The molecule has 0 aromatic carbocycles. The fraction of sp³-hybridized carbons (Fsp3) is 1.00. The average Bonchev–Trinajstić information content (AvgIpc) is 1.80. The maximum Gasteiger partial charge on any atom is 0.415 e. The molecule has 0 amide bonds. The highest BCUT2D eigenvalue weighted by molar-refractivity contribution is 7.66. The summed E-state index contributed by atoms with van der Waals surface area (Å²) in [6.07, 6.45) is -1.36. The summed E-state index contributed by atoms with van der Waals surface area (Å²) in [5.74, 6) is -2.26. The first-order valence-corrected chi connectivity index (χ1v) is 13.2. The minimum absolute atomic E-state index is 1.36. The fourth-order valence-electron chi connectivity index (χ4n) is 0.457. The van der Waals surface area contributed by atoms with E-state index in [1.54, 1.807) is 0 Å². The molecule has 0 radical (unpaired) electrons. The molecule has 0 aromatic rings. The monoisotopic (exact) mass is 362 g/mol. The Kier molecular flexibility index (Phi) is 5.79. The number of alkyl halides is 3. The molecule has 0 nitrogen and oxygen atoms in total. The Bertz CT molecular complexity index is 199. The summed E-state index contributed by atoms with van der Waals surface area (Å²) >= 11 is 30.7. The zero-order chi connectivity index (χ0) is 11.8. The second-order valence-electron chi connectivity index (χ2n) is 2.42. The van der Waals surface area contributed by atoms with Crippen molar-refractivity contribution < 1.29 is 13.2 Å². The van der Waals surface area contributed by atoms with Gasteiger partial charge >= 0.3 is 12.0 Å². The van der Waals surface area contributed by atoms with Gasteiger partial charge in [-0.2, -0.15) is 0 Å². The smallest absolute Gasteiger partial charge is 0.247 e. The van der Waals surface area contributed by atoms with Crippen molar-refractivity contribution in [3.8, 4) is 0 Å². The quantitative estimate of drug-likeness (QED) is 0.499. The molecule has 11 heteroatoms. The van der Waals surface area contributed by atoms with Gasteiger partial charge in [0.05, 0.1) is 0 Å². The van der Waals surface area contributed by atoms with E-state index in [4.69, 9.17) is 66.5 Å². The van der Waals surface area contributed by atoms with Crippen LogP contribution in [0.1, 0.15) is 6.42 Å². The normalized spacial score (nSPS) is 16.9. The van der Waals surface area contributed by atoms with Gasteiger partial charge < -0.3 is 0 Å². The molecule has 0 aliphatic heterocycles. The largest absolute Gasteiger partial charge is 0.415 e. The molecule has 0 rings (SSSR count). The summed E-state index contributed by atoms with van der Waals surface area (Å²) < 4.78 is 38.9. The molecule has 0 aliphatic rings. The van der Waals surface area contributed by atoms with Crippen molar-refractivity contribution in [2.75, 3.05) is 0 Å². The average molecular weight is 365 g/mol. The Morgan fingerprint density at radius 1 is 1.00 bits per heavy atom. The van der Waals surface area contributed by atoms with Gasteiger partial charge in [0.15, 0.2) is 0 Å². The molecule has 0 spiro atoms. The summed E-state index contributed by atoms with van der Waals surface area (Å²) in [7, 11) is 0. The number of rotatable bonds is 4. The molecule has 0 N–H and O–H groups in total. The van der Waals surface area contributed by atoms with Crippen LogP contribution in [0.2, 0.25) is 0 Å². The lowest BCUT2D eigenvalue weighted by Crippen LogP contribution is -2.44. The van der Waals surface area contributed by atoms with Crippen LogP contribution < -0.4 is 0 Å². The van der Waals surface area contributed by atoms with Crippen LogP contribution in [-0.4, -0.2) is 23.3 Å². The van der Waals surface area contributed by atoms with E-state index in [1.165, 1.54) is 0 Å². The van der Waals surface area contributed by atoms with E-state index in [9.17, 15) is 13.2 Å². The van der Waals surface area contributed by atoms with Crippen molar-refractivity contribution in [3.63, 3.8) is 0 Å². The zero-order valence-electron chi connectivity index (χ0n) is 6.19. The van der Waals surface area contributed by atoms with E-state index < -0.39 is 29.8 Å². The topological polar surface area (TPSA) is 0 Å². The maximum absolute atomic E-state index is 13.0. The predicted octanol–water partition coefficient (Wildman–Crippen LogP) is 4.74. The van der Waals surface area contributed by atoms with Crippen molar-refractivity contribution in [1.29, 1.82) is 0 Å². The molecule has 0 saturated carbocycles. The Morgan fingerprint density at radius 2 is 1.36 bits per heavy atom. The highest BCUT2D eigenvalue weighted by atomic mass is 35.8. The maximum atomic E-state index is 13.0. The molecule has 0 fully saturated rings. The van der Waals surface area contributed by atoms with Crippen LogP contribution in [0.15, 0.2) is 0 Å². The van der Waals surface area contributed by atoms with E-state index in [-0.39, 0.29) is 0 Å². The Morgan fingerprint density at radius 3 is 1.57 bits per heavy atom. The molecule has 14 heavy (non-hydrogen) atoms. The first-order chi connectivity index (χ1) is 5.88. The SMILES string of the molecule is FC(CC(F)(F)[Si](Cl)(Cl)Cl)[Si](Cl)(Cl)Cl. The van der Waals surface area contributed by atoms with Gasteiger partial charge in [-0.15, -0.1) is 66.5 Å². The molecule has 0 saturated heterocycles. The minimum atomic E-state index is -4.34. The first-order valence-electron chi connectivity index (χ1n) is 3.03. The molecule has 0 heterocycles. The van der Waals surface area contributed by atoms with Crippen molar-refractivity contribution in [1.82, 2.24) is 0 Å². The van der Waals surface area contributed by atoms with Gasteiger partial charge in [-0.25, -0.2) is 13.2 Å². The van der Waals surface area contributed by atoms with Gasteiger partial charge in [0.25, 0.3) is 5.55 Å². The van der Waals surface area contributed by atoms with Crippen LogP contribution in [0.25, 0.3) is 0 Å². The summed E-state index contributed by atoms with van der Waals surface area (Å²) in [5.41, 5.74) is -3.74. The summed E-state index contributed by atoms with van der Waals surface area (Å²) in [6.45, 7) is 0. The van der Waals surface area contributed by atoms with Crippen molar-refractivity contribution in [2.24, 2.45) is 0 Å². The van der Waals surface area contributed by atoms with Gasteiger partial charge in [-0.3, -0.25) is 0 Å². The molecule has 86 valence electrons. The van der Waals surface area contributed by atoms with Crippen molar-refractivity contribution >= 4 is 78.5 Å². The lowest BCUT2D eigenvalue weighted by molar-refractivity contribution is 0.0643. The van der Waals surface area contributed by atoms with Crippen LogP contribution in [0, 0.1) is 0 Å². The van der Waals surface area contributed by atoms with Crippen LogP contribution in [0.4, 0.5) is 13.2 Å². The molecular weight excluding hydrogens is 362 g/mol. The van der Waals surface area contributed by atoms with Crippen LogP contribution in [-0.2, 0) is 0 Å². The van der Waals surface area contributed by atoms with Crippen LogP contribution >= 0.6 is 66.5 Å². The third kappa shape index (κ3) is 4.86. The zero-order valence-corrected chi connectivity index (χ0v) is 12.7. The molecule has 1 atom stereocenters. The summed E-state index contributed by atoms with van der Waals surface area (Å²) in [4.78, 5) is 0. The van der Waals surface area contributed by atoms with Gasteiger partial charge in [-0.05, 0) is 0 Å². The fourth-order valence-corrected chi connectivity index (χ4v) is 2.95. The first kappa shape index (κ1) is 16.0. The van der Waals surface area contributed by atoms with Gasteiger partial charge in [-0.1, -0.05) is 0 Å². The van der Waals surface area contributed by atoms with Gasteiger partial charge in [0, 0.05) is 6.42 Å². The predicted molar refractivity (Wildman–Crippen MR) is 61.1 cm³/mol. The van der Waals surface area contributed by atoms with E-state index in [1.807, 2.05) is 0 Å². The third-order valence-corrected chi connectivity index (χ3v) is 7.77. The molecular formula is C3H3Cl6F3Si2. The van der Waals surface area contributed by atoms with Crippen LogP contribution in [0.5, 0.6) is 0 Å². The number of hydrogen-bond donors (Lipinski definition) is 0. The highest BCUT2D eigenvalue weighted by Gasteiger charge is 2.58. The van der Waals surface area contributed by atoms with Gasteiger partial charge in [0.1, 0.15) is 5.79 Å². The lowest BCUT2D eigenvalue weighted by atomic mass is 10.5. The third-order valence-electron chi connectivity index (χ3n) is 1.21. The van der Waals surface area contributed by atoms with Gasteiger partial charge in [0.2, 0.25) is 0 Å². The van der Waals surface area contributed by atoms with E-state index >= 15 is 0 Å². The van der Waals surface area contributed by atoms with Crippen LogP contribution in [0.3, 0.4) is 0 Å². The van der Waals surface area contributed by atoms with E-state index in [0.717, 1.165) is 0 Å². The molecule has 1 unspecified atom stereocenters. The van der Waals surface area contributed by atoms with Crippen molar-refractivity contribution in [3.05, 3.63) is 0 Å². The number of hydrogen-bond acceptors (Lipinski definition) is 0. The van der Waals surface area contributed by atoms with E-state index in [2.05, 4.69) is 0 Å². The molecule has 0 aliphatic carbocycles. The highest BCUT2D eigenvalue weighted by Crippen LogP contribution is 2.43. The van der Waals surface area contributed by atoms with Crippen molar-refractivity contribution in [2.45, 2.75) is 17.8 Å². The number of halogens is 9. The summed E-state index contributed by atoms with van der Waals surface area (Å²) in [6, 6.07) is -8.17.